The monoisotopic (exact) mass is 516 g/mol. The van der Waals surface area contributed by atoms with Crippen molar-refractivity contribution in [2.75, 3.05) is 16.6 Å². The molecule has 34 heavy (non-hydrogen) atoms. The van der Waals surface area contributed by atoms with Crippen LogP contribution in [-0.2, 0) is 21.2 Å². The average molecular weight is 517 g/mol. The van der Waals surface area contributed by atoms with E-state index < -0.39 is 21.9 Å². The fourth-order valence-corrected chi connectivity index (χ4v) is 6.31. The fraction of sp³-hybridized carbons (Fsp3) is 0.182. The van der Waals surface area contributed by atoms with E-state index >= 15 is 0 Å². The van der Waals surface area contributed by atoms with E-state index in [-0.39, 0.29) is 27.8 Å². The van der Waals surface area contributed by atoms with Crippen LogP contribution in [0.4, 0.5) is 11.4 Å². The maximum absolute atomic E-state index is 13.1. The number of fused-ring (bicyclic) bond motifs is 1. The molecule has 4 aromatic rings. The largest absolute Gasteiger partial charge is 0.462 e. The average Bonchev–Trinajstić information content (AvgIpc) is 3.47. The molecule has 9 nitrogen and oxygen atoms in total. The summed E-state index contributed by atoms with van der Waals surface area (Å²) in [6, 6.07) is 12.9. The van der Waals surface area contributed by atoms with Crippen molar-refractivity contribution in [2.45, 2.75) is 24.5 Å². The van der Waals surface area contributed by atoms with Crippen LogP contribution in [0.15, 0.2) is 52.7 Å². The summed E-state index contributed by atoms with van der Waals surface area (Å²) in [5, 5.41) is 2.75. The summed E-state index contributed by atoms with van der Waals surface area (Å²) in [7, 11) is -4.03. The molecule has 0 fully saturated rings. The number of aryl methyl sites for hydroxylation is 1. The van der Waals surface area contributed by atoms with Gasteiger partial charge in [0.2, 0.25) is 0 Å². The van der Waals surface area contributed by atoms with Crippen molar-refractivity contribution < 1.29 is 22.7 Å². The van der Waals surface area contributed by atoms with Gasteiger partial charge in [0, 0.05) is 4.88 Å². The van der Waals surface area contributed by atoms with Crippen molar-refractivity contribution in [1.82, 2.24) is 8.75 Å². The number of ether oxygens (including phenoxy) is 1. The van der Waals surface area contributed by atoms with E-state index in [1.54, 1.807) is 49.4 Å². The highest BCUT2D eigenvalue weighted by atomic mass is 32.2. The first kappa shape index (κ1) is 23.8. The second-order valence-corrected chi connectivity index (χ2v) is 10.6. The van der Waals surface area contributed by atoms with Crippen LogP contribution in [-0.4, -0.2) is 35.6 Å². The standard InChI is InChI=1S/C22H20N4O5S3/c1-3-18-14(22(28)31-4-2)12-19(32-18)34(29,30)26-16-10-6-5-9-15(16)23-21(27)13-8-7-11-17-20(13)25-33-24-17/h5-12,26H,3-4H2,1-2H3,(H,23,27). The van der Waals surface area contributed by atoms with E-state index in [1.807, 2.05) is 6.92 Å². The lowest BCUT2D eigenvalue weighted by atomic mass is 10.1. The van der Waals surface area contributed by atoms with Crippen molar-refractivity contribution in [3.05, 3.63) is 64.5 Å². The second-order valence-electron chi connectivity index (χ2n) is 7.02. The third-order valence-electron chi connectivity index (χ3n) is 4.82. The van der Waals surface area contributed by atoms with E-state index in [4.69, 9.17) is 4.74 Å². The molecule has 0 unspecified atom stereocenters. The molecule has 0 aliphatic rings. The molecule has 176 valence electrons. The Morgan fingerprint density at radius 2 is 1.76 bits per heavy atom. The van der Waals surface area contributed by atoms with Gasteiger partial charge in [-0.15, -0.1) is 11.3 Å². The van der Waals surface area contributed by atoms with Gasteiger partial charge < -0.3 is 10.1 Å². The number of carbonyl (C=O) groups is 2. The van der Waals surface area contributed by atoms with Crippen LogP contribution >= 0.6 is 23.1 Å². The van der Waals surface area contributed by atoms with Crippen molar-refractivity contribution in [3.8, 4) is 0 Å². The number of nitrogens with one attached hydrogen (secondary N) is 2. The molecular weight excluding hydrogens is 496 g/mol. The Morgan fingerprint density at radius 1 is 1.00 bits per heavy atom. The number of esters is 1. The molecule has 0 saturated heterocycles. The summed E-state index contributed by atoms with van der Waals surface area (Å²) in [5.74, 6) is -1.01. The first-order chi connectivity index (χ1) is 16.3. The number of hydrogen-bond acceptors (Lipinski definition) is 9. The molecule has 0 aliphatic carbocycles. The van der Waals surface area contributed by atoms with Gasteiger partial charge >= 0.3 is 5.97 Å². The zero-order valence-corrected chi connectivity index (χ0v) is 20.6. The molecule has 2 aromatic carbocycles. The number of benzene rings is 2. The predicted molar refractivity (Wildman–Crippen MR) is 132 cm³/mol. The fourth-order valence-electron chi connectivity index (χ4n) is 3.24. The van der Waals surface area contributed by atoms with Crippen molar-refractivity contribution in [1.29, 1.82) is 0 Å². The van der Waals surface area contributed by atoms with Gasteiger partial charge in [0.05, 0.1) is 40.8 Å². The number of aromatic nitrogens is 2. The zero-order chi connectivity index (χ0) is 24.3. The Kier molecular flexibility index (Phi) is 6.91. The van der Waals surface area contributed by atoms with Crippen LogP contribution in [0.5, 0.6) is 0 Å². The summed E-state index contributed by atoms with van der Waals surface area (Å²) in [5.41, 5.74) is 2.10. The number of amides is 1. The number of rotatable bonds is 8. The molecule has 0 bridgehead atoms. The lowest BCUT2D eigenvalue weighted by Gasteiger charge is -2.13. The van der Waals surface area contributed by atoms with E-state index in [2.05, 4.69) is 18.8 Å². The number of sulfonamides is 1. The Hall–Kier alpha value is -3.35. The maximum atomic E-state index is 13.1. The highest BCUT2D eigenvalue weighted by Crippen LogP contribution is 2.31. The van der Waals surface area contributed by atoms with Gasteiger partial charge in [-0.05, 0) is 43.7 Å². The summed E-state index contributed by atoms with van der Waals surface area (Å²) < 4.78 is 42.1. The maximum Gasteiger partial charge on any atom is 0.339 e. The lowest BCUT2D eigenvalue weighted by Crippen LogP contribution is -2.17. The van der Waals surface area contributed by atoms with Crippen LogP contribution in [0.25, 0.3) is 11.0 Å². The van der Waals surface area contributed by atoms with Crippen molar-refractivity contribution in [2.24, 2.45) is 0 Å². The summed E-state index contributed by atoms with van der Waals surface area (Å²) in [4.78, 5) is 25.8. The Labute approximate surface area is 204 Å². The zero-order valence-electron chi connectivity index (χ0n) is 18.2. The predicted octanol–water partition coefficient (Wildman–Crippen LogP) is 4.55. The number of nitrogens with zero attached hydrogens (tertiary/aromatic N) is 2. The molecule has 12 heteroatoms. The number of hydrogen-bond donors (Lipinski definition) is 2. The number of carbonyl (C=O) groups excluding carboxylic acids is 2. The molecule has 2 aromatic heterocycles. The van der Waals surface area contributed by atoms with Gasteiger partial charge in [-0.3, -0.25) is 9.52 Å². The second kappa shape index (κ2) is 9.87. The first-order valence-electron chi connectivity index (χ1n) is 10.3. The van der Waals surface area contributed by atoms with Crippen LogP contribution < -0.4 is 10.0 Å². The normalized spacial score (nSPS) is 11.4. The lowest BCUT2D eigenvalue weighted by molar-refractivity contribution is 0.0525. The van der Waals surface area contributed by atoms with Crippen LogP contribution in [0.1, 0.15) is 39.4 Å². The SMILES string of the molecule is CCOC(=O)c1cc(S(=O)(=O)Nc2ccccc2NC(=O)c2cccc3nsnc23)sc1CC. The van der Waals surface area contributed by atoms with Gasteiger partial charge in [-0.25, -0.2) is 13.2 Å². The van der Waals surface area contributed by atoms with Gasteiger partial charge in [-0.1, -0.05) is 25.1 Å². The highest BCUT2D eigenvalue weighted by Gasteiger charge is 2.25. The molecule has 2 N–H and O–H groups in total. The molecule has 0 atom stereocenters. The summed E-state index contributed by atoms with van der Waals surface area (Å²) in [6.45, 7) is 3.71. The summed E-state index contributed by atoms with van der Waals surface area (Å²) >= 11 is 2.01. The van der Waals surface area contributed by atoms with Crippen molar-refractivity contribution >= 4 is 67.4 Å². The number of para-hydroxylation sites is 2. The Balaban J connectivity index is 1.61. The van der Waals surface area contributed by atoms with E-state index in [9.17, 15) is 18.0 Å². The molecule has 1 amide bonds. The van der Waals surface area contributed by atoms with Crippen molar-refractivity contribution in [3.63, 3.8) is 0 Å². The molecule has 4 rings (SSSR count). The smallest absolute Gasteiger partial charge is 0.339 e. The molecule has 0 aliphatic heterocycles. The molecule has 2 heterocycles. The van der Waals surface area contributed by atoms with E-state index in [0.717, 1.165) is 23.1 Å². The minimum Gasteiger partial charge on any atom is -0.462 e. The van der Waals surface area contributed by atoms with E-state index in [1.165, 1.54) is 6.07 Å². The topological polar surface area (TPSA) is 127 Å². The number of thiophene rings is 1. The van der Waals surface area contributed by atoms with Crippen LogP contribution in [0.3, 0.4) is 0 Å². The molecule has 0 spiro atoms. The Bertz CT molecular complexity index is 1480. The number of anilines is 2. The Morgan fingerprint density at radius 3 is 2.50 bits per heavy atom. The third-order valence-corrected chi connectivity index (χ3v) is 8.48. The quantitative estimate of drug-likeness (QED) is 0.329. The molecule has 0 saturated carbocycles. The van der Waals surface area contributed by atoms with Gasteiger partial charge in [0.1, 0.15) is 15.2 Å². The molecule has 0 radical (unpaired) electrons. The van der Waals surface area contributed by atoms with Gasteiger partial charge in [0.25, 0.3) is 15.9 Å². The third kappa shape index (κ3) is 4.79. The van der Waals surface area contributed by atoms with E-state index in [0.29, 0.717) is 27.9 Å². The minimum absolute atomic E-state index is 0.0214. The summed E-state index contributed by atoms with van der Waals surface area (Å²) in [6.07, 6.45) is 0.484. The highest BCUT2D eigenvalue weighted by molar-refractivity contribution is 7.94. The van der Waals surface area contributed by atoms with Gasteiger partial charge in [0.15, 0.2) is 0 Å². The van der Waals surface area contributed by atoms with Crippen LogP contribution in [0.2, 0.25) is 0 Å². The van der Waals surface area contributed by atoms with Gasteiger partial charge in [-0.2, -0.15) is 8.75 Å². The molecular formula is C22H20N4O5S3. The first-order valence-corrected chi connectivity index (χ1v) is 13.3. The van der Waals surface area contributed by atoms with Crippen LogP contribution in [0, 0.1) is 0 Å². The minimum atomic E-state index is -4.03.